The zero-order valence-electron chi connectivity index (χ0n) is 10.9. The molecule has 104 valence electrons. The van der Waals surface area contributed by atoms with Crippen LogP contribution in [0.5, 0.6) is 0 Å². The molecule has 0 aromatic heterocycles. The number of anilines is 1. The second-order valence-electron chi connectivity index (χ2n) is 3.67. The Morgan fingerprint density at radius 1 is 1.42 bits per heavy atom. The molecule has 1 rings (SSSR count). The van der Waals surface area contributed by atoms with Crippen LogP contribution in [-0.4, -0.2) is 33.5 Å². The molecule has 0 atom stereocenters. The number of rotatable bonds is 7. The second kappa shape index (κ2) is 7.38. The van der Waals surface area contributed by atoms with E-state index < -0.39 is 10.0 Å². The van der Waals surface area contributed by atoms with Gasteiger partial charge in [-0.3, -0.25) is 0 Å². The van der Waals surface area contributed by atoms with E-state index >= 15 is 0 Å². The fourth-order valence-electron chi connectivity index (χ4n) is 1.49. The van der Waals surface area contributed by atoms with Gasteiger partial charge in [0.1, 0.15) is 6.07 Å². The van der Waals surface area contributed by atoms with E-state index in [1.54, 1.807) is 17.8 Å². The van der Waals surface area contributed by atoms with E-state index in [4.69, 9.17) is 0 Å². The van der Waals surface area contributed by atoms with Crippen LogP contribution in [0, 0.1) is 11.3 Å². The topological polar surface area (TPSA) is 82.0 Å². The molecule has 0 unspecified atom stereocenters. The van der Waals surface area contributed by atoms with E-state index in [2.05, 4.69) is 16.1 Å². The molecule has 0 fully saturated rings. The van der Waals surface area contributed by atoms with Crippen molar-refractivity contribution in [2.75, 3.05) is 30.4 Å². The first kappa shape index (κ1) is 15.8. The Labute approximate surface area is 118 Å². The van der Waals surface area contributed by atoms with Gasteiger partial charge in [-0.25, -0.2) is 13.1 Å². The Morgan fingerprint density at radius 3 is 2.74 bits per heavy atom. The maximum Gasteiger partial charge on any atom is 0.213 e. The average molecular weight is 299 g/mol. The van der Waals surface area contributed by atoms with Gasteiger partial charge in [0, 0.05) is 11.4 Å². The molecule has 0 aliphatic heterocycles. The summed E-state index contributed by atoms with van der Waals surface area (Å²) in [6.45, 7) is 2.28. The summed E-state index contributed by atoms with van der Waals surface area (Å²) >= 11 is 1.59. The van der Waals surface area contributed by atoms with Crippen molar-refractivity contribution in [1.82, 2.24) is 4.72 Å². The number of thioether (sulfide) groups is 1. The van der Waals surface area contributed by atoms with E-state index in [0.29, 0.717) is 11.3 Å². The van der Waals surface area contributed by atoms with Gasteiger partial charge in [-0.1, -0.05) is 13.0 Å². The van der Waals surface area contributed by atoms with Gasteiger partial charge in [0.25, 0.3) is 0 Å². The summed E-state index contributed by atoms with van der Waals surface area (Å²) in [5.41, 5.74) is 1.24. The minimum Gasteiger partial charge on any atom is -0.383 e. The minimum atomic E-state index is -3.23. The molecule has 0 bridgehead atoms. The van der Waals surface area contributed by atoms with Gasteiger partial charge in [-0.05, 0) is 24.9 Å². The van der Waals surface area contributed by atoms with Crippen molar-refractivity contribution in [3.8, 4) is 6.07 Å². The lowest BCUT2D eigenvalue weighted by Crippen LogP contribution is -2.26. The molecule has 0 saturated heterocycles. The lowest BCUT2D eigenvalue weighted by molar-refractivity contribution is 0.588. The van der Waals surface area contributed by atoms with Gasteiger partial charge in [-0.15, -0.1) is 11.8 Å². The Hall–Kier alpha value is -1.23. The molecule has 2 N–H and O–H groups in total. The van der Waals surface area contributed by atoms with Crippen molar-refractivity contribution in [3.05, 3.63) is 23.8 Å². The first-order valence-corrected chi connectivity index (χ1v) is 8.49. The summed E-state index contributed by atoms with van der Waals surface area (Å²) in [5.74, 6) is 0.853. The molecule has 0 aliphatic carbocycles. The molecule has 0 radical (unpaired) electrons. The Kier molecular flexibility index (Phi) is 6.15. The van der Waals surface area contributed by atoms with Crippen LogP contribution in [-0.2, 0) is 10.0 Å². The Bertz CT molecular complexity index is 565. The van der Waals surface area contributed by atoms with E-state index in [1.807, 2.05) is 19.1 Å². The molecule has 0 amide bonds. The van der Waals surface area contributed by atoms with Crippen LogP contribution in [0.2, 0.25) is 0 Å². The molecule has 1 aromatic carbocycles. The van der Waals surface area contributed by atoms with E-state index in [0.717, 1.165) is 10.6 Å². The summed E-state index contributed by atoms with van der Waals surface area (Å²) in [7, 11) is -1.85. The van der Waals surface area contributed by atoms with Crippen LogP contribution in [0.1, 0.15) is 12.5 Å². The third-order valence-corrected chi connectivity index (χ3v) is 4.74. The zero-order chi connectivity index (χ0) is 14.3. The van der Waals surface area contributed by atoms with Crippen molar-refractivity contribution in [1.29, 1.82) is 5.26 Å². The highest BCUT2D eigenvalue weighted by Gasteiger charge is 2.10. The van der Waals surface area contributed by atoms with Crippen molar-refractivity contribution in [3.63, 3.8) is 0 Å². The molecule has 0 spiro atoms. The molecule has 0 aliphatic rings. The van der Waals surface area contributed by atoms with Gasteiger partial charge in [-0.2, -0.15) is 5.26 Å². The lowest BCUT2D eigenvalue weighted by Gasteiger charge is -2.11. The molecular formula is C12H17N3O2S2. The number of sulfonamides is 1. The second-order valence-corrected chi connectivity index (χ2v) is 7.03. The van der Waals surface area contributed by atoms with Crippen molar-refractivity contribution < 1.29 is 8.42 Å². The van der Waals surface area contributed by atoms with Gasteiger partial charge in [0.2, 0.25) is 10.0 Å². The zero-order valence-corrected chi connectivity index (χ0v) is 12.6. The molecule has 0 heterocycles. The lowest BCUT2D eigenvalue weighted by atomic mass is 10.2. The van der Waals surface area contributed by atoms with Gasteiger partial charge in [0.15, 0.2) is 0 Å². The average Bonchev–Trinajstić information content (AvgIpc) is 2.39. The van der Waals surface area contributed by atoms with Gasteiger partial charge >= 0.3 is 0 Å². The fraction of sp³-hybridized carbons (Fsp3) is 0.417. The summed E-state index contributed by atoms with van der Waals surface area (Å²) in [6.07, 6.45) is 0. The SMILES string of the molecule is CCSc1cccc(NCCS(=O)(=O)NC)c1C#N. The highest BCUT2D eigenvalue weighted by atomic mass is 32.2. The van der Waals surface area contributed by atoms with Gasteiger partial charge in [0.05, 0.1) is 17.0 Å². The normalized spacial score (nSPS) is 11.0. The van der Waals surface area contributed by atoms with Crippen molar-refractivity contribution in [2.24, 2.45) is 0 Å². The largest absolute Gasteiger partial charge is 0.383 e. The first-order chi connectivity index (χ1) is 9.04. The van der Waals surface area contributed by atoms with Crippen LogP contribution in [0.25, 0.3) is 0 Å². The Morgan fingerprint density at radius 2 is 2.16 bits per heavy atom. The summed E-state index contributed by atoms with van der Waals surface area (Å²) in [6, 6.07) is 7.69. The molecule has 19 heavy (non-hydrogen) atoms. The minimum absolute atomic E-state index is 0.0283. The predicted octanol–water partition coefficient (Wildman–Crippen LogP) is 1.63. The van der Waals surface area contributed by atoms with Crippen molar-refractivity contribution >= 4 is 27.5 Å². The maximum atomic E-state index is 11.3. The molecule has 1 aromatic rings. The number of nitriles is 1. The summed E-state index contributed by atoms with van der Waals surface area (Å²) in [4.78, 5) is 0.909. The highest BCUT2D eigenvalue weighted by molar-refractivity contribution is 7.99. The van der Waals surface area contributed by atoms with Crippen LogP contribution in [0.4, 0.5) is 5.69 Å². The van der Waals surface area contributed by atoms with Crippen LogP contribution in [0.3, 0.4) is 0 Å². The van der Waals surface area contributed by atoms with E-state index in [1.165, 1.54) is 7.05 Å². The number of nitrogens with one attached hydrogen (secondary N) is 2. The summed E-state index contributed by atoms with van der Waals surface area (Å²) < 4.78 is 24.8. The number of hydrogen-bond donors (Lipinski definition) is 2. The third kappa shape index (κ3) is 4.74. The highest BCUT2D eigenvalue weighted by Crippen LogP contribution is 2.27. The van der Waals surface area contributed by atoms with Crippen LogP contribution in [0.15, 0.2) is 23.1 Å². The number of nitrogens with zero attached hydrogens (tertiary/aromatic N) is 1. The van der Waals surface area contributed by atoms with E-state index in [-0.39, 0.29) is 12.3 Å². The van der Waals surface area contributed by atoms with E-state index in [9.17, 15) is 13.7 Å². The van der Waals surface area contributed by atoms with Crippen LogP contribution >= 0.6 is 11.8 Å². The Balaban J connectivity index is 2.79. The molecule has 7 heteroatoms. The molecule has 5 nitrogen and oxygen atoms in total. The maximum absolute atomic E-state index is 11.3. The van der Waals surface area contributed by atoms with Crippen molar-refractivity contribution in [2.45, 2.75) is 11.8 Å². The summed E-state index contributed by atoms with van der Waals surface area (Å²) in [5, 5.41) is 12.2. The first-order valence-electron chi connectivity index (χ1n) is 5.85. The third-order valence-electron chi connectivity index (χ3n) is 2.44. The monoisotopic (exact) mass is 299 g/mol. The predicted molar refractivity (Wildman–Crippen MR) is 78.9 cm³/mol. The quantitative estimate of drug-likeness (QED) is 0.748. The van der Waals surface area contributed by atoms with Gasteiger partial charge < -0.3 is 5.32 Å². The number of hydrogen-bond acceptors (Lipinski definition) is 5. The number of benzene rings is 1. The molecule has 0 saturated carbocycles. The van der Waals surface area contributed by atoms with Crippen LogP contribution < -0.4 is 10.0 Å². The fourth-order valence-corrected chi connectivity index (χ4v) is 2.85. The smallest absolute Gasteiger partial charge is 0.213 e. The standard InChI is InChI=1S/C12H17N3O2S2/c1-3-18-12-6-4-5-11(10(12)9-13)15-7-8-19(16,17)14-2/h4-6,14-15H,3,7-8H2,1-2H3. The molecular weight excluding hydrogens is 282 g/mol.